The fourth-order valence-electron chi connectivity index (χ4n) is 3.41. The van der Waals surface area contributed by atoms with Crippen molar-refractivity contribution in [1.82, 2.24) is 15.5 Å². The third-order valence-electron chi connectivity index (χ3n) is 4.96. The number of nitrogens with one attached hydrogen (secondary N) is 2. The first-order valence-corrected chi connectivity index (χ1v) is 9.58. The lowest BCUT2D eigenvalue weighted by Gasteiger charge is -2.34. The van der Waals surface area contributed by atoms with Gasteiger partial charge in [-0.2, -0.15) is 0 Å². The Morgan fingerprint density at radius 2 is 2.08 bits per heavy atom. The zero-order chi connectivity index (χ0) is 17.9. The van der Waals surface area contributed by atoms with Gasteiger partial charge in [0.15, 0.2) is 5.96 Å². The summed E-state index contributed by atoms with van der Waals surface area (Å²) in [5.41, 5.74) is 0. The second-order valence-electron chi connectivity index (χ2n) is 6.85. The van der Waals surface area contributed by atoms with Crippen molar-refractivity contribution in [3.63, 3.8) is 0 Å². The van der Waals surface area contributed by atoms with Crippen molar-refractivity contribution in [1.29, 1.82) is 0 Å². The monoisotopic (exact) mass is 482 g/mol. The number of hydrogen-bond acceptors (Lipinski definition) is 4. The number of likely N-dealkylation sites (tertiary alicyclic amines) is 1. The summed E-state index contributed by atoms with van der Waals surface area (Å²) in [6, 6.07) is 0. The third kappa shape index (κ3) is 8.39. The molecule has 8 heteroatoms. The Labute approximate surface area is 174 Å². The fourth-order valence-corrected chi connectivity index (χ4v) is 3.41. The van der Waals surface area contributed by atoms with Crippen LogP contribution in [0, 0.1) is 5.92 Å². The Morgan fingerprint density at radius 1 is 1.31 bits per heavy atom. The minimum atomic E-state index is 0. The molecule has 0 aliphatic carbocycles. The Hall–Kier alpha value is -0.610. The molecule has 1 amide bonds. The molecule has 152 valence electrons. The van der Waals surface area contributed by atoms with E-state index in [0.717, 1.165) is 70.9 Å². The maximum Gasteiger partial charge on any atom is 0.220 e. The predicted octanol–water partition coefficient (Wildman–Crippen LogP) is 1.61. The fraction of sp³-hybridized carbons (Fsp3) is 0.889. The van der Waals surface area contributed by atoms with Crippen LogP contribution in [0.15, 0.2) is 4.99 Å². The highest BCUT2D eigenvalue weighted by Crippen LogP contribution is 2.20. The molecule has 2 aliphatic rings. The summed E-state index contributed by atoms with van der Waals surface area (Å²) < 4.78 is 11.2. The largest absolute Gasteiger partial charge is 0.379 e. The number of carbonyl (C=O) groups excluding carboxylic acids is 1. The molecular formula is C18H35IN4O3. The predicted molar refractivity (Wildman–Crippen MR) is 114 cm³/mol. The van der Waals surface area contributed by atoms with Gasteiger partial charge in [0.25, 0.3) is 0 Å². The summed E-state index contributed by atoms with van der Waals surface area (Å²) in [4.78, 5) is 18.2. The highest BCUT2D eigenvalue weighted by molar-refractivity contribution is 14.0. The number of halogens is 1. The topological polar surface area (TPSA) is 75.2 Å². The summed E-state index contributed by atoms with van der Waals surface area (Å²) in [5, 5.41) is 6.13. The maximum absolute atomic E-state index is 11.5. The first kappa shape index (κ1) is 23.4. The van der Waals surface area contributed by atoms with Gasteiger partial charge in [0, 0.05) is 53.4 Å². The summed E-state index contributed by atoms with van der Waals surface area (Å²) in [6.45, 7) is 5.11. The van der Waals surface area contributed by atoms with Crippen LogP contribution >= 0.6 is 24.0 Å². The molecule has 2 aliphatic heterocycles. The number of guanidine groups is 1. The average molecular weight is 482 g/mol. The van der Waals surface area contributed by atoms with E-state index in [1.54, 1.807) is 7.05 Å². The first-order valence-electron chi connectivity index (χ1n) is 9.58. The molecule has 0 saturated carbocycles. The Kier molecular flexibility index (Phi) is 12.2. The quantitative estimate of drug-likeness (QED) is 0.238. The van der Waals surface area contributed by atoms with Crippen LogP contribution in [0.4, 0.5) is 0 Å². The van der Waals surface area contributed by atoms with Gasteiger partial charge in [-0.15, -0.1) is 24.0 Å². The van der Waals surface area contributed by atoms with Gasteiger partial charge in [0.1, 0.15) is 0 Å². The van der Waals surface area contributed by atoms with Gasteiger partial charge < -0.3 is 25.0 Å². The maximum atomic E-state index is 11.5. The van der Waals surface area contributed by atoms with Crippen LogP contribution in [-0.4, -0.2) is 76.4 Å². The number of nitrogens with zero attached hydrogens (tertiary/aromatic N) is 2. The van der Waals surface area contributed by atoms with Crippen molar-refractivity contribution in [3.05, 3.63) is 0 Å². The number of rotatable bonds is 8. The third-order valence-corrected chi connectivity index (χ3v) is 4.96. The molecule has 0 bridgehead atoms. The van der Waals surface area contributed by atoms with Gasteiger partial charge in [0.2, 0.25) is 5.91 Å². The number of hydrogen-bond donors (Lipinski definition) is 2. The minimum Gasteiger partial charge on any atom is -0.379 e. The molecule has 1 atom stereocenters. The summed E-state index contributed by atoms with van der Waals surface area (Å²) in [7, 11) is 3.53. The molecule has 2 fully saturated rings. The van der Waals surface area contributed by atoms with Crippen LogP contribution in [0.25, 0.3) is 0 Å². The second-order valence-corrected chi connectivity index (χ2v) is 6.85. The van der Waals surface area contributed by atoms with E-state index in [9.17, 15) is 4.79 Å². The number of amides is 1. The van der Waals surface area contributed by atoms with E-state index in [4.69, 9.17) is 9.47 Å². The van der Waals surface area contributed by atoms with Crippen LogP contribution in [-0.2, 0) is 14.3 Å². The minimum absolute atomic E-state index is 0. The van der Waals surface area contributed by atoms with Crippen molar-refractivity contribution in [2.24, 2.45) is 10.9 Å². The lowest BCUT2D eigenvalue weighted by Crippen LogP contribution is -2.46. The van der Waals surface area contributed by atoms with Gasteiger partial charge >= 0.3 is 0 Å². The SMILES string of the molecule is CN=C(NCCCOCC1CCCO1)N1CCC(CC(=O)NC)CC1.I. The highest BCUT2D eigenvalue weighted by atomic mass is 127. The number of ether oxygens (including phenoxy) is 2. The Bertz CT molecular complexity index is 423. The van der Waals surface area contributed by atoms with Crippen LogP contribution < -0.4 is 10.6 Å². The zero-order valence-corrected chi connectivity index (χ0v) is 18.5. The smallest absolute Gasteiger partial charge is 0.220 e. The van der Waals surface area contributed by atoms with Gasteiger partial charge in [-0.3, -0.25) is 9.79 Å². The molecule has 0 aromatic heterocycles. The van der Waals surface area contributed by atoms with E-state index < -0.39 is 0 Å². The summed E-state index contributed by atoms with van der Waals surface area (Å²) in [6.07, 6.45) is 6.26. The van der Waals surface area contributed by atoms with Gasteiger partial charge in [-0.05, 0) is 38.0 Å². The van der Waals surface area contributed by atoms with Crippen molar-refractivity contribution in [2.75, 3.05) is 53.6 Å². The molecule has 0 aromatic rings. The number of aliphatic imine (C=N–C) groups is 1. The van der Waals surface area contributed by atoms with Gasteiger partial charge in [0.05, 0.1) is 12.7 Å². The van der Waals surface area contributed by atoms with E-state index in [1.165, 1.54) is 0 Å². The van der Waals surface area contributed by atoms with Crippen molar-refractivity contribution in [2.45, 2.75) is 44.6 Å². The molecule has 0 radical (unpaired) electrons. The highest BCUT2D eigenvalue weighted by Gasteiger charge is 2.22. The Balaban J connectivity index is 0.00000338. The molecular weight excluding hydrogens is 447 g/mol. The van der Waals surface area contributed by atoms with E-state index in [-0.39, 0.29) is 29.9 Å². The van der Waals surface area contributed by atoms with E-state index >= 15 is 0 Å². The molecule has 1 unspecified atom stereocenters. The molecule has 0 aromatic carbocycles. The van der Waals surface area contributed by atoms with Crippen LogP contribution in [0.5, 0.6) is 0 Å². The standard InChI is InChI=1S/C18H34N4O3.HI/c1-19-17(23)13-15-6-9-22(10-7-15)18(20-2)21-8-4-11-24-14-16-5-3-12-25-16;/h15-16H,3-14H2,1-2H3,(H,19,23)(H,20,21);1H. The van der Waals surface area contributed by atoms with Gasteiger partial charge in [-0.25, -0.2) is 0 Å². The first-order chi connectivity index (χ1) is 12.2. The molecule has 2 saturated heterocycles. The molecule has 2 heterocycles. The summed E-state index contributed by atoms with van der Waals surface area (Å²) in [5.74, 6) is 1.59. The van der Waals surface area contributed by atoms with E-state index in [0.29, 0.717) is 25.0 Å². The molecule has 0 spiro atoms. The lowest BCUT2D eigenvalue weighted by molar-refractivity contribution is -0.121. The van der Waals surface area contributed by atoms with Crippen molar-refractivity contribution >= 4 is 35.8 Å². The Morgan fingerprint density at radius 3 is 2.69 bits per heavy atom. The van der Waals surface area contributed by atoms with E-state index in [1.807, 2.05) is 7.05 Å². The zero-order valence-electron chi connectivity index (χ0n) is 16.2. The second kappa shape index (κ2) is 13.5. The molecule has 2 rings (SSSR count). The van der Waals surface area contributed by atoms with Crippen molar-refractivity contribution < 1.29 is 14.3 Å². The molecule has 7 nitrogen and oxygen atoms in total. The lowest BCUT2D eigenvalue weighted by atomic mass is 9.93. The van der Waals surface area contributed by atoms with E-state index in [2.05, 4.69) is 20.5 Å². The van der Waals surface area contributed by atoms with Gasteiger partial charge in [-0.1, -0.05) is 0 Å². The normalized spacial score (nSPS) is 21.4. The van der Waals surface area contributed by atoms with Crippen LogP contribution in [0.1, 0.15) is 38.5 Å². The molecule has 2 N–H and O–H groups in total. The summed E-state index contributed by atoms with van der Waals surface area (Å²) >= 11 is 0. The number of piperidine rings is 1. The van der Waals surface area contributed by atoms with Crippen LogP contribution in [0.3, 0.4) is 0 Å². The van der Waals surface area contributed by atoms with Crippen molar-refractivity contribution in [3.8, 4) is 0 Å². The molecule has 26 heavy (non-hydrogen) atoms. The van der Waals surface area contributed by atoms with Crippen LogP contribution in [0.2, 0.25) is 0 Å². The number of carbonyl (C=O) groups is 1. The average Bonchev–Trinajstić information content (AvgIpc) is 3.15.